The molecule has 1 aromatic rings. The number of esters is 1. The van der Waals surface area contributed by atoms with E-state index in [-0.39, 0.29) is 44.8 Å². The molecule has 1 N–H and O–H groups in total. The summed E-state index contributed by atoms with van der Waals surface area (Å²) in [5.74, 6) is -1.75. The summed E-state index contributed by atoms with van der Waals surface area (Å²) in [7, 11) is -7.57. The van der Waals surface area contributed by atoms with Crippen LogP contribution in [0.15, 0.2) is 18.3 Å². The van der Waals surface area contributed by atoms with Crippen LogP contribution in [0, 0.1) is 0 Å². The first-order chi connectivity index (χ1) is 17.6. The second kappa shape index (κ2) is 13.3. The fraction of sp³-hybridized carbons (Fsp3) is 0.682. The van der Waals surface area contributed by atoms with Crippen molar-refractivity contribution in [3.05, 3.63) is 29.6 Å². The van der Waals surface area contributed by atoms with Crippen LogP contribution in [0.4, 0.5) is 13.2 Å². The van der Waals surface area contributed by atoms with E-state index >= 15 is 0 Å². The first-order valence-electron chi connectivity index (χ1n) is 12.0. The molecule has 0 spiro atoms. The second-order valence-electron chi connectivity index (χ2n) is 8.65. The Morgan fingerprint density at radius 3 is 2.21 bits per heavy atom. The molecule has 1 aromatic heterocycles. The zero-order valence-corrected chi connectivity index (χ0v) is 23.3. The summed E-state index contributed by atoms with van der Waals surface area (Å²) in [6.45, 7) is 4.66. The minimum Gasteiger partial charge on any atom is -0.462 e. The van der Waals surface area contributed by atoms with E-state index in [1.54, 1.807) is 0 Å². The van der Waals surface area contributed by atoms with Crippen molar-refractivity contribution in [2.45, 2.75) is 64.0 Å². The van der Waals surface area contributed by atoms with Crippen LogP contribution in [0.3, 0.4) is 0 Å². The topological polar surface area (TPSA) is 141 Å². The minimum absolute atomic E-state index is 0.0820. The lowest BCUT2D eigenvalue weighted by atomic mass is 10.1. The van der Waals surface area contributed by atoms with Crippen molar-refractivity contribution in [3.63, 3.8) is 0 Å². The van der Waals surface area contributed by atoms with Gasteiger partial charge in [0.15, 0.2) is 5.66 Å². The van der Waals surface area contributed by atoms with Crippen molar-refractivity contribution in [2.75, 3.05) is 32.6 Å². The highest BCUT2D eigenvalue weighted by Gasteiger charge is 2.45. The Kier molecular flexibility index (Phi) is 11.3. The number of carbonyl (C=O) groups excluding carboxylic acids is 2. The maximum Gasteiger partial charge on any atom is 0.417 e. The first-order valence-corrected chi connectivity index (χ1v) is 15.4. The summed E-state index contributed by atoms with van der Waals surface area (Å²) in [6, 6.07) is 1.12. The molecule has 2 rings (SSSR count). The highest BCUT2D eigenvalue weighted by molar-refractivity contribution is 7.88. The van der Waals surface area contributed by atoms with Crippen molar-refractivity contribution in [2.24, 2.45) is 0 Å². The lowest BCUT2D eigenvalue weighted by Gasteiger charge is -2.31. The van der Waals surface area contributed by atoms with Crippen molar-refractivity contribution >= 4 is 29.5 Å². The number of carbonyl (C=O) groups is 2. The van der Waals surface area contributed by atoms with E-state index in [2.05, 4.69) is 10.3 Å². The summed E-state index contributed by atoms with van der Waals surface area (Å²) in [5, 5.41) is 2.53. The molecule has 1 saturated heterocycles. The molecule has 216 valence electrons. The largest absolute Gasteiger partial charge is 0.462 e. The van der Waals surface area contributed by atoms with E-state index in [1.165, 1.54) is 25.1 Å². The predicted molar refractivity (Wildman–Crippen MR) is 131 cm³/mol. The van der Waals surface area contributed by atoms with Crippen LogP contribution in [-0.4, -0.2) is 73.9 Å². The molecule has 11 nitrogen and oxygen atoms in total. The van der Waals surface area contributed by atoms with Crippen LogP contribution >= 0.6 is 7.60 Å². The van der Waals surface area contributed by atoms with Crippen LogP contribution in [0.2, 0.25) is 0 Å². The third-order valence-corrected chi connectivity index (χ3v) is 9.43. The summed E-state index contributed by atoms with van der Waals surface area (Å²) < 4.78 is 92.6. The molecule has 1 aliphatic rings. The molecule has 0 bridgehead atoms. The molecule has 1 aliphatic heterocycles. The first kappa shape index (κ1) is 32.2. The van der Waals surface area contributed by atoms with E-state index < -0.39 is 65.5 Å². The van der Waals surface area contributed by atoms with Crippen LogP contribution in [0.1, 0.15) is 57.3 Å². The molecule has 0 saturated carbocycles. The fourth-order valence-corrected chi connectivity index (χ4v) is 6.54. The Balaban J connectivity index is 2.15. The average Bonchev–Trinajstić information content (AvgIpc) is 2.82. The third-order valence-electron chi connectivity index (χ3n) is 5.74. The molecule has 1 amide bonds. The van der Waals surface area contributed by atoms with Gasteiger partial charge in [-0.25, -0.2) is 12.7 Å². The van der Waals surface area contributed by atoms with Crippen molar-refractivity contribution < 1.29 is 49.5 Å². The third kappa shape index (κ3) is 9.01. The summed E-state index contributed by atoms with van der Waals surface area (Å²) in [4.78, 5) is 29.7. The number of sulfonamides is 1. The molecule has 2 heterocycles. The Labute approximate surface area is 220 Å². The maximum atomic E-state index is 13.5. The number of piperidine rings is 1. The number of halogens is 3. The molecule has 16 heteroatoms. The van der Waals surface area contributed by atoms with E-state index in [1.807, 2.05) is 0 Å². The van der Waals surface area contributed by atoms with E-state index in [9.17, 15) is 35.7 Å². The number of amides is 1. The number of alkyl halides is 3. The summed E-state index contributed by atoms with van der Waals surface area (Å²) >= 11 is 0. The molecular formula is C22H33F3N3O8PS. The van der Waals surface area contributed by atoms with Gasteiger partial charge in [-0.15, -0.1) is 0 Å². The Morgan fingerprint density at radius 1 is 1.18 bits per heavy atom. The van der Waals surface area contributed by atoms with E-state index in [0.29, 0.717) is 6.20 Å². The van der Waals surface area contributed by atoms with Gasteiger partial charge in [0.2, 0.25) is 15.9 Å². The highest BCUT2D eigenvalue weighted by Crippen LogP contribution is 2.54. The Bertz CT molecular complexity index is 1100. The Morgan fingerprint density at radius 2 is 1.76 bits per heavy atom. The van der Waals surface area contributed by atoms with Gasteiger partial charge in [0.25, 0.3) is 0 Å². The lowest BCUT2D eigenvalue weighted by Crippen LogP contribution is -2.42. The lowest BCUT2D eigenvalue weighted by molar-refractivity contribution is -0.151. The van der Waals surface area contributed by atoms with Crippen LogP contribution < -0.4 is 5.32 Å². The number of rotatable bonds is 12. The van der Waals surface area contributed by atoms with Gasteiger partial charge in [0, 0.05) is 19.3 Å². The van der Waals surface area contributed by atoms with Crippen molar-refractivity contribution in [3.8, 4) is 0 Å². The summed E-state index contributed by atoms with van der Waals surface area (Å²) in [5.41, 5.74) is -2.43. The smallest absolute Gasteiger partial charge is 0.417 e. The SMILES string of the molecule is CCOP(=O)(OCC)C(CC(=O)N[C@@H](C)c1ccc(C(F)(F)F)cn1)C(=O)OC1CCN(S(C)(=O)=O)CC1. The number of pyridine rings is 1. The summed E-state index contributed by atoms with van der Waals surface area (Å²) in [6.07, 6.45) is -3.74. The predicted octanol–water partition coefficient (Wildman–Crippen LogP) is 3.27. The van der Waals surface area contributed by atoms with Gasteiger partial charge in [0.1, 0.15) is 6.10 Å². The number of ether oxygens (including phenoxy) is 1. The highest BCUT2D eigenvalue weighted by atomic mass is 32.2. The number of nitrogens with zero attached hydrogens (tertiary/aromatic N) is 2. The zero-order valence-electron chi connectivity index (χ0n) is 21.6. The van der Waals surface area contributed by atoms with Crippen LogP contribution in [0.5, 0.6) is 0 Å². The molecule has 2 atom stereocenters. The van der Waals surface area contributed by atoms with Crippen LogP contribution in [0.25, 0.3) is 0 Å². The Hall–Kier alpha value is -2.06. The van der Waals surface area contributed by atoms with Gasteiger partial charge in [-0.2, -0.15) is 13.2 Å². The quantitative estimate of drug-likeness (QED) is 0.288. The van der Waals surface area contributed by atoms with Crippen molar-refractivity contribution in [1.82, 2.24) is 14.6 Å². The molecule has 1 fully saturated rings. The molecule has 0 radical (unpaired) electrons. The number of nitrogens with one attached hydrogen (secondary N) is 1. The van der Waals surface area contributed by atoms with Crippen molar-refractivity contribution in [1.29, 1.82) is 0 Å². The number of hydrogen-bond acceptors (Lipinski definition) is 9. The monoisotopic (exact) mass is 587 g/mol. The number of aromatic nitrogens is 1. The normalized spacial score (nSPS) is 17.6. The van der Waals surface area contributed by atoms with Gasteiger partial charge in [0.05, 0.1) is 43.2 Å². The van der Waals surface area contributed by atoms with Gasteiger partial charge in [-0.05, 0) is 45.7 Å². The average molecular weight is 588 g/mol. The number of hydrogen-bond donors (Lipinski definition) is 1. The second-order valence-corrected chi connectivity index (χ2v) is 12.9. The minimum atomic E-state index is -4.56. The van der Waals surface area contributed by atoms with E-state index in [0.717, 1.165) is 18.4 Å². The standard InChI is InChI=1S/C22H33F3N3O8PS/c1-5-34-37(31,35-6-2)19(21(30)36-17-9-11-28(12-10-17)38(4,32)33)13-20(29)27-15(3)18-8-7-16(14-26-18)22(23,24)25/h7-8,14-15,17,19H,5-6,9-13H2,1-4H3,(H,27,29)/t15-,19?/m0/s1. The molecule has 0 aliphatic carbocycles. The maximum absolute atomic E-state index is 13.5. The zero-order chi connectivity index (χ0) is 28.7. The van der Waals surface area contributed by atoms with Gasteiger partial charge in [-0.3, -0.25) is 19.1 Å². The molecule has 0 aromatic carbocycles. The molecule has 38 heavy (non-hydrogen) atoms. The van der Waals surface area contributed by atoms with E-state index in [4.69, 9.17) is 13.8 Å². The molecule has 1 unspecified atom stereocenters. The molecular weight excluding hydrogens is 554 g/mol. The van der Waals surface area contributed by atoms with Gasteiger partial charge in [-0.1, -0.05) is 0 Å². The van der Waals surface area contributed by atoms with Crippen LogP contribution in [-0.2, 0) is 44.1 Å². The fourth-order valence-electron chi connectivity index (χ4n) is 3.80. The van der Waals surface area contributed by atoms with Gasteiger partial charge >= 0.3 is 19.7 Å². The van der Waals surface area contributed by atoms with Gasteiger partial charge < -0.3 is 19.1 Å².